The number of likely N-dealkylation sites (N-methyl/N-ethyl adjacent to an activating group) is 1. The number of carbonyl (C=O) groups excluding carboxylic acids is 2. The number of fused-ring (bicyclic) bond motifs is 3. The van der Waals surface area contributed by atoms with Crippen LogP contribution >= 0.6 is 0 Å². The van der Waals surface area contributed by atoms with Gasteiger partial charge in [0.05, 0.1) is 0 Å². The summed E-state index contributed by atoms with van der Waals surface area (Å²) in [6, 6.07) is 23.6. The van der Waals surface area contributed by atoms with Crippen LogP contribution in [-0.2, 0) is 20.7 Å². The number of carboxylic acids is 1. The summed E-state index contributed by atoms with van der Waals surface area (Å²) >= 11 is 0. The summed E-state index contributed by atoms with van der Waals surface area (Å²) in [7, 11) is 0. The average molecular weight is 473 g/mol. The predicted octanol–water partition coefficient (Wildman–Crippen LogP) is 4.91. The molecule has 0 fully saturated rings. The highest BCUT2D eigenvalue weighted by Crippen LogP contribution is 2.44. The van der Waals surface area contributed by atoms with Crippen molar-refractivity contribution in [2.45, 2.75) is 25.7 Å². The highest BCUT2D eigenvalue weighted by molar-refractivity contribution is 5.85. The first-order valence-electron chi connectivity index (χ1n) is 11.7. The van der Waals surface area contributed by atoms with Crippen molar-refractivity contribution in [2.75, 3.05) is 25.0 Å². The predicted molar refractivity (Wildman–Crippen MR) is 133 cm³/mol. The van der Waals surface area contributed by atoms with E-state index >= 15 is 0 Å². The maximum atomic E-state index is 12.6. The third kappa shape index (κ3) is 5.69. The van der Waals surface area contributed by atoms with Crippen LogP contribution in [0.25, 0.3) is 11.1 Å². The summed E-state index contributed by atoms with van der Waals surface area (Å²) < 4.78 is 5.60. The molecule has 180 valence electrons. The quantitative estimate of drug-likeness (QED) is 0.461. The van der Waals surface area contributed by atoms with E-state index in [1.165, 1.54) is 16.0 Å². The topological polar surface area (TPSA) is 95.9 Å². The standard InChI is InChI=1S/C28H28N2O5/c1-2-30(17-27(32)33)26(31)15-14-19-8-7-9-20(16-19)29-28(34)35-18-25-23-12-5-3-10-21(23)22-11-4-6-13-24(22)25/h3-13,16,25H,2,14-15,17-18H2,1H3,(H,29,34)(H,32,33). The molecule has 0 atom stereocenters. The van der Waals surface area contributed by atoms with Gasteiger partial charge in [0.15, 0.2) is 0 Å². The molecule has 0 saturated carbocycles. The van der Waals surface area contributed by atoms with E-state index in [1.54, 1.807) is 25.1 Å². The molecule has 3 aromatic carbocycles. The summed E-state index contributed by atoms with van der Waals surface area (Å²) in [5.41, 5.74) is 6.08. The van der Waals surface area contributed by atoms with Gasteiger partial charge >= 0.3 is 12.1 Å². The molecular formula is C28H28N2O5. The molecule has 0 radical (unpaired) electrons. The summed E-state index contributed by atoms with van der Waals surface area (Å²) in [6.07, 6.45) is 0.0868. The third-order valence-corrected chi connectivity index (χ3v) is 6.21. The number of carboxylic acid groups (broad SMARTS) is 1. The Bertz CT molecular complexity index is 1190. The first-order valence-corrected chi connectivity index (χ1v) is 11.7. The number of aliphatic carboxylic acids is 1. The number of anilines is 1. The minimum atomic E-state index is -1.03. The lowest BCUT2D eigenvalue weighted by Crippen LogP contribution is -2.35. The number of hydrogen-bond acceptors (Lipinski definition) is 4. The number of benzene rings is 3. The van der Waals surface area contributed by atoms with Crippen LogP contribution in [0.3, 0.4) is 0 Å². The molecule has 0 bridgehead atoms. The zero-order valence-corrected chi connectivity index (χ0v) is 19.6. The van der Waals surface area contributed by atoms with Crippen molar-refractivity contribution in [3.63, 3.8) is 0 Å². The monoisotopic (exact) mass is 472 g/mol. The lowest BCUT2D eigenvalue weighted by atomic mass is 9.98. The van der Waals surface area contributed by atoms with Crippen LogP contribution in [0.1, 0.15) is 36.0 Å². The average Bonchev–Trinajstić information content (AvgIpc) is 3.18. The van der Waals surface area contributed by atoms with Crippen LogP contribution in [0.15, 0.2) is 72.8 Å². The number of nitrogens with one attached hydrogen (secondary N) is 1. The summed E-state index contributed by atoms with van der Waals surface area (Å²) in [4.78, 5) is 37.1. The van der Waals surface area contributed by atoms with Crippen molar-refractivity contribution in [3.8, 4) is 11.1 Å². The summed E-state index contributed by atoms with van der Waals surface area (Å²) in [6.45, 7) is 2.01. The second-order valence-electron chi connectivity index (χ2n) is 8.45. The van der Waals surface area contributed by atoms with E-state index in [4.69, 9.17) is 9.84 Å². The smallest absolute Gasteiger partial charge is 0.411 e. The van der Waals surface area contributed by atoms with Gasteiger partial charge in [-0.15, -0.1) is 0 Å². The minimum absolute atomic E-state index is 0.0159. The molecule has 0 aliphatic heterocycles. The number of hydrogen-bond donors (Lipinski definition) is 2. The second-order valence-corrected chi connectivity index (χ2v) is 8.45. The Hall–Kier alpha value is -4.13. The van der Waals surface area contributed by atoms with Gasteiger partial charge in [0.1, 0.15) is 13.2 Å². The maximum absolute atomic E-state index is 12.6. The molecule has 7 heteroatoms. The van der Waals surface area contributed by atoms with Crippen LogP contribution in [-0.4, -0.2) is 47.7 Å². The number of carbonyl (C=O) groups is 3. The van der Waals surface area contributed by atoms with Gasteiger partial charge in [-0.1, -0.05) is 60.7 Å². The van der Waals surface area contributed by atoms with Crippen LogP contribution < -0.4 is 5.32 Å². The number of nitrogens with zero attached hydrogens (tertiary/aromatic N) is 1. The van der Waals surface area contributed by atoms with E-state index in [1.807, 2.05) is 30.3 Å². The molecule has 1 aliphatic carbocycles. The Labute approximate surface area is 204 Å². The fourth-order valence-corrected chi connectivity index (χ4v) is 4.51. The van der Waals surface area contributed by atoms with Crippen molar-refractivity contribution in [3.05, 3.63) is 89.5 Å². The molecule has 0 heterocycles. The lowest BCUT2D eigenvalue weighted by molar-refractivity contribution is -0.144. The van der Waals surface area contributed by atoms with Gasteiger partial charge in [-0.2, -0.15) is 0 Å². The second kappa shape index (κ2) is 10.9. The molecule has 0 unspecified atom stereocenters. The number of aryl methyl sites for hydroxylation is 1. The van der Waals surface area contributed by atoms with Crippen molar-refractivity contribution in [2.24, 2.45) is 0 Å². The third-order valence-electron chi connectivity index (χ3n) is 6.21. The Balaban J connectivity index is 1.34. The number of ether oxygens (including phenoxy) is 1. The Morgan fingerprint density at radius 3 is 2.23 bits per heavy atom. The zero-order valence-electron chi connectivity index (χ0n) is 19.6. The zero-order chi connectivity index (χ0) is 24.8. The highest BCUT2D eigenvalue weighted by atomic mass is 16.5. The molecule has 0 aromatic heterocycles. The Morgan fingerprint density at radius 2 is 1.60 bits per heavy atom. The van der Waals surface area contributed by atoms with E-state index in [0.29, 0.717) is 18.7 Å². The molecule has 3 aromatic rings. The first kappa shape index (κ1) is 24.0. The first-order chi connectivity index (χ1) is 17.0. The normalized spacial score (nSPS) is 11.9. The largest absolute Gasteiger partial charge is 0.480 e. The molecule has 35 heavy (non-hydrogen) atoms. The SMILES string of the molecule is CCN(CC(=O)O)C(=O)CCc1cccc(NC(=O)OCC2c3ccccc3-c3ccccc32)c1. The van der Waals surface area contributed by atoms with E-state index in [2.05, 4.69) is 29.6 Å². The molecule has 0 saturated heterocycles. The van der Waals surface area contributed by atoms with Gasteiger partial charge in [-0.05, 0) is 53.3 Å². The summed E-state index contributed by atoms with van der Waals surface area (Å²) in [5.74, 6) is -1.27. The van der Waals surface area contributed by atoms with Crippen LogP contribution in [0.5, 0.6) is 0 Å². The van der Waals surface area contributed by atoms with Gasteiger partial charge in [-0.25, -0.2) is 4.79 Å². The van der Waals surface area contributed by atoms with Crippen molar-refractivity contribution in [1.29, 1.82) is 0 Å². The highest BCUT2D eigenvalue weighted by Gasteiger charge is 2.29. The van der Waals surface area contributed by atoms with Crippen molar-refractivity contribution >= 4 is 23.7 Å². The molecule has 7 nitrogen and oxygen atoms in total. The molecular weight excluding hydrogens is 444 g/mol. The summed E-state index contributed by atoms with van der Waals surface area (Å²) in [5, 5.41) is 11.7. The minimum Gasteiger partial charge on any atom is -0.480 e. The Morgan fingerprint density at radius 1 is 0.943 bits per heavy atom. The van der Waals surface area contributed by atoms with Crippen molar-refractivity contribution in [1.82, 2.24) is 4.90 Å². The lowest BCUT2D eigenvalue weighted by Gasteiger charge is -2.18. The molecule has 2 N–H and O–H groups in total. The van der Waals surface area contributed by atoms with Crippen LogP contribution in [0, 0.1) is 0 Å². The van der Waals surface area contributed by atoms with Gasteiger partial charge in [0, 0.05) is 24.6 Å². The van der Waals surface area contributed by atoms with Crippen LogP contribution in [0.2, 0.25) is 0 Å². The van der Waals surface area contributed by atoms with Gasteiger partial charge in [0.2, 0.25) is 5.91 Å². The van der Waals surface area contributed by atoms with Gasteiger partial charge in [-0.3, -0.25) is 14.9 Å². The molecule has 2 amide bonds. The fraction of sp³-hybridized carbons (Fsp3) is 0.250. The molecule has 1 aliphatic rings. The molecule has 0 spiro atoms. The van der Waals surface area contributed by atoms with Gasteiger partial charge < -0.3 is 14.7 Å². The fourth-order valence-electron chi connectivity index (χ4n) is 4.51. The Kier molecular flexibility index (Phi) is 7.45. The van der Waals surface area contributed by atoms with E-state index < -0.39 is 12.1 Å². The van der Waals surface area contributed by atoms with E-state index in [-0.39, 0.29) is 31.4 Å². The van der Waals surface area contributed by atoms with Gasteiger partial charge in [0.25, 0.3) is 0 Å². The van der Waals surface area contributed by atoms with E-state index in [9.17, 15) is 14.4 Å². The number of amides is 2. The maximum Gasteiger partial charge on any atom is 0.411 e. The van der Waals surface area contributed by atoms with Crippen LogP contribution in [0.4, 0.5) is 10.5 Å². The number of rotatable bonds is 9. The van der Waals surface area contributed by atoms with Crippen molar-refractivity contribution < 1.29 is 24.2 Å². The van der Waals surface area contributed by atoms with E-state index in [0.717, 1.165) is 16.7 Å². The molecule has 4 rings (SSSR count).